The highest BCUT2D eigenvalue weighted by Gasteiger charge is 2.26. The Balaban J connectivity index is 1.79. The maximum Gasteiger partial charge on any atom is 0.242 e. The first-order chi connectivity index (χ1) is 15.4. The van der Waals surface area contributed by atoms with Gasteiger partial charge >= 0.3 is 0 Å². The molecule has 0 saturated carbocycles. The predicted octanol–water partition coefficient (Wildman–Crippen LogP) is 5.87. The Morgan fingerprint density at radius 3 is 2.47 bits per heavy atom. The molecule has 0 aromatic heterocycles. The number of nitrogens with zero attached hydrogens (tertiary/aromatic N) is 1. The topological polar surface area (TPSA) is 49.4 Å². The third-order valence-electron chi connectivity index (χ3n) is 5.90. The summed E-state index contributed by atoms with van der Waals surface area (Å²) in [5.41, 5.74) is 2.14. The van der Waals surface area contributed by atoms with Crippen molar-refractivity contribution in [3.05, 3.63) is 82.3 Å². The lowest BCUT2D eigenvalue weighted by Gasteiger charge is -2.30. The lowest BCUT2D eigenvalue weighted by molar-refractivity contribution is -0.140. The maximum atomic E-state index is 13.4. The Bertz CT molecular complexity index is 1080. The summed E-state index contributed by atoms with van der Waals surface area (Å²) < 4.78 is 0.954. The van der Waals surface area contributed by atoms with Crippen molar-refractivity contribution in [2.75, 3.05) is 0 Å². The quantitative estimate of drug-likeness (QED) is 0.404. The van der Waals surface area contributed by atoms with Gasteiger partial charge in [0, 0.05) is 23.5 Å². The van der Waals surface area contributed by atoms with E-state index in [0.717, 1.165) is 22.0 Å². The van der Waals surface area contributed by atoms with Crippen molar-refractivity contribution in [1.82, 2.24) is 10.2 Å². The minimum Gasteiger partial charge on any atom is -0.352 e. The average Bonchev–Trinajstić information content (AvgIpc) is 2.80. The van der Waals surface area contributed by atoms with Crippen LogP contribution in [0.15, 0.2) is 71.2 Å². The van der Waals surface area contributed by atoms with E-state index in [1.165, 1.54) is 10.8 Å². The Morgan fingerprint density at radius 1 is 1.00 bits per heavy atom. The molecule has 2 amide bonds. The van der Waals surface area contributed by atoms with Crippen LogP contribution in [0, 0.1) is 0 Å². The van der Waals surface area contributed by atoms with E-state index in [2.05, 4.69) is 45.5 Å². The average molecular weight is 495 g/mol. The second-order valence-corrected chi connectivity index (χ2v) is 9.20. The molecule has 0 aliphatic heterocycles. The summed E-state index contributed by atoms with van der Waals surface area (Å²) in [5, 5.41) is 5.36. The summed E-state index contributed by atoms with van der Waals surface area (Å²) in [6, 6.07) is 21.8. The van der Waals surface area contributed by atoms with Crippen LogP contribution < -0.4 is 5.32 Å². The van der Waals surface area contributed by atoms with Crippen molar-refractivity contribution < 1.29 is 9.59 Å². The smallest absolute Gasteiger partial charge is 0.242 e. The van der Waals surface area contributed by atoms with E-state index in [0.29, 0.717) is 19.4 Å². The second kappa shape index (κ2) is 11.3. The Morgan fingerprint density at radius 2 is 1.72 bits per heavy atom. The SMILES string of the molecule is CCC(C)NC(=O)C(C)N(Cc1cccc(Br)c1)C(=O)CCc1cccc2ccccc12. The zero-order valence-electron chi connectivity index (χ0n) is 19.0. The number of amides is 2. The lowest BCUT2D eigenvalue weighted by atomic mass is 10.0. The lowest BCUT2D eigenvalue weighted by Crippen LogP contribution is -2.49. The number of carbonyl (C=O) groups is 2. The number of carbonyl (C=O) groups excluding carboxylic acids is 2. The molecule has 1 N–H and O–H groups in total. The Hall–Kier alpha value is -2.66. The van der Waals surface area contributed by atoms with Gasteiger partial charge in [-0.25, -0.2) is 0 Å². The normalized spacial score (nSPS) is 12.9. The van der Waals surface area contributed by atoms with Crippen LogP contribution in [-0.4, -0.2) is 28.8 Å². The zero-order valence-corrected chi connectivity index (χ0v) is 20.6. The van der Waals surface area contributed by atoms with Crippen molar-refractivity contribution in [3.8, 4) is 0 Å². The van der Waals surface area contributed by atoms with E-state index in [1.807, 2.05) is 63.2 Å². The largest absolute Gasteiger partial charge is 0.352 e. The molecule has 0 aliphatic rings. The van der Waals surface area contributed by atoms with Gasteiger partial charge in [0.05, 0.1) is 0 Å². The summed E-state index contributed by atoms with van der Waals surface area (Å²) in [4.78, 5) is 27.9. The van der Waals surface area contributed by atoms with Crippen LogP contribution in [0.4, 0.5) is 0 Å². The van der Waals surface area contributed by atoms with E-state index >= 15 is 0 Å². The van der Waals surface area contributed by atoms with E-state index < -0.39 is 6.04 Å². The van der Waals surface area contributed by atoms with Gasteiger partial charge in [0.1, 0.15) is 6.04 Å². The fourth-order valence-corrected chi connectivity index (χ4v) is 4.22. The molecule has 5 heteroatoms. The second-order valence-electron chi connectivity index (χ2n) is 8.28. The number of aryl methyl sites for hydroxylation is 1. The summed E-state index contributed by atoms with van der Waals surface area (Å²) in [6.07, 6.45) is 1.83. The van der Waals surface area contributed by atoms with Gasteiger partial charge in [0.25, 0.3) is 0 Å². The van der Waals surface area contributed by atoms with Crippen molar-refractivity contribution in [3.63, 3.8) is 0 Å². The molecule has 3 aromatic carbocycles. The first-order valence-electron chi connectivity index (χ1n) is 11.2. The highest BCUT2D eigenvalue weighted by Crippen LogP contribution is 2.21. The molecule has 32 heavy (non-hydrogen) atoms. The Labute approximate surface area is 199 Å². The molecule has 2 atom stereocenters. The molecule has 4 nitrogen and oxygen atoms in total. The number of benzene rings is 3. The van der Waals surface area contributed by atoms with Crippen molar-refractivity contribution in [2.45, 2.75) is 58.7 Å². The number of fused-ring (bicyclic) bond motifs is 1. The van der Waals surface area contributed by atoms with Crippen LogP contribution in [-0.2, 0) is 22.6 Å². The number of halogens is 1. The predicted molar refractivity (Wildman–Crippen MR) is 134 cm³/mol. The van der Waals surface area contributed by atoms with Crippen molar-refractivity contribution >= 4 is 38.5 Å². The summed E-state index contributed by atoms with van der Waals surface area (Å²) in [5.74, 6) is -0.141. The van der Waals surface area contributed by atoms with Gasteiger partial charge < -0.3 is 10.2 Å². The number of hydrogen-bond acceptors (Lipinski definition) is 2. The molecule has 168 valence electrons. The molecule has 3 rings (SSSR count). The maximum absolute atomic E-state index is 13.4. The van der Waals surface area contributed by atoms with Gasteiger partial charge in [-0.3, -0.25) is 9.59 Å². The molecule has 0 fully saturated rings. The van der Waals surface area contributed by atoms with Gasteiger partial charge in [-0.05, 0) is 60.7 Å². The summed E-state index contributed by atoms with van der Waals surface area (Å²) >= 11 is 3.50. The zero-order chi connectivity index (χ0) is 23.1. The third-order valence-corrected chi connectivity index (χ3v) is 6.39. The molecule has 0 bridgehead atoms. The molecular weight excluding hydrogens is 464 g/mol. The van der Waals surface area contributed by atoms with E-state index in [1.54, 1.807) is 4.90 Å². The first kappa shape index (κ1) is 24.0. The van der Waals surface area contributed by atoms with Crippen LogP contribution in [0.2, 0.25) is 0 Å². The monoisotopic (exact) mass is 494 g/mol. The van der Waals surface area contributed by atoms with Gasteiger partial charge in [0.2, 0.25) is 11.8 Å². The fourth-order valence-electron chi connectivity index (χ4n) is 3.78. The van der Waals surface area contributed by atoms with Gasteiger partial charge in [-0.2, -0.15) is 0 Å². The first-order valence-corrected chi connectivity index (χ1v) is 12.0. The molecule has 0 radical (unpaired) electrons. The van der Waals surface area contributed by atoms with Crippen LogP contribution in [0.3, 0.4) is 0 Å². The van der Waals surface area contributed by atoms with Crippen molar-refractivity contribution in [2.24, 2.45) is 0 Å². The number of nitrogens with one attached hydrogen (secondary N) is 1. The van der Waals surface area contributed by atoms with Crippen LogP contribution in [0.1, 0.15) is 44.7 Å². The molecular formula is C27H31BrN2O2. The summed E-state index contributed by atoms with van der Waals surface area (Å²) in [7, 11) is 0. The van der Waals surface area contributed by atoms with Crippen LogP contribution >= 0.6 is 15.9 Å². The summed E-state index contributed by atoms with van der Waals surface area (Å²) in [6.45, 7) is 6.21. The fraction of sp³-hybridized carbons (Fsp3) is 0.333. The highest BCUT2D eigenvalue weighted by atomic mass is 79.9. The van der Waals surface area contributed by atoms with Crippen LogP contribution in [0.25, 0.3) is 10.8 Å². The van der Waals surface area contributed by atoms with Gasteiger partial charge in [-0.15, -0.1) is 0 Å². The molecule has 2 unspecified atom stereocenters. The highest BCUT2D eigenvalue weighted by molar-refractivity contribution is 9.10. The molecule has 0 aliphatic carbocycles. The standard InChI is InChI=1S/C27H31BrN2O2/c1-4-19(2)29-27(32)20(3)30(18-21-9-7-13-24(28)17-21)26(31)16-15-23-12-8-11-22-10-5-6-14-25(22)23/h5-14,17,19-20H,4,15-16,18H2,1-3H3,(H,29,32). The van der Waals surface area contributed by atoms with Crippen LogP contribution in [0.5, 0.6) is 0 Å². The number of hydrogen-bond donors (Lipinski definition) is 1. The third kappa shape index (κ3) is 6.19. The van der Waals surface area contributed by atoms with Crippen molar-refractivity contribution in [1.29, 1.82) is 0 Å². The Kier molecular flexibility index (Phi) is 8.46. The molecule has 0 saturated heterocycles. The van der Waals surface area contributed by atoms with E-state index in [9.17, 15) is 9.59 Å². The molecule has 0 spiro atoms. The van der Waals surface area contributed by atoms with Gasteiger partial charge in [-0.1, -0.05) is 77.5 Å². The minimum absolute atomic E-state index is 0.0234. The molecule has 0 heterocycles. The number of rotatable bonds is 9. The molecule has 3 aromatic rings. The van der Waals surface area contributed by atoms with E-state index in [-0.39, 0.29) is 17.9 Å². The minimum atomic E-state index is -0.553. The van der Waals surface area contributed by atoms with Gasteiger partial charge in [0.15, 0.2) is 0 Å². The van der Waals surface area contributed by atoms with E-state index in [4.69, 9.17) is 0 Å².